The van der Waals surface area contributed by atoms with Gasteiger partial charge in [0.2, 0.25) is 11.8 Å². The molecule has 4 N–H and O–H groups in total. The fourth-order valence-electron chi connectivity index (χ4n) is 3.22. The quantitative estimate of drug-likeness (QED) is 0.407. The van der Waals surface area contributed by atoms with Crippen molar-refractivity contribution in [3.8, 4) is 0 Å². The molecule has 9 nitrogen and oxygen atoms in total. The smallest absolute Gasteiger partial charge is 0.408 e. The van der Waals surface area contributed by atoms with Crippen molar-refractivity contribution in [3.05, 3.63) is 71.8 Å². The van der Waals surface area contributed by atoms with E-state index >= 15 is 0 Å². The van der Waals surface area contributed by atoms with Crippen molar-refractivity contribution in [1.82, 2.24) is 10.6 Å². The Morgan fingerprint density at radius 1 is 0.853 bits per heavy atom. The van der Waals surface area contributed by atoms with Crippen LogP contribution in [0, 0.1) is 5.92 Å². The molecule has 0 aromatic heterocycles. The van der Waals surface area contributed by atoms with Gasteiger partial charge in [0.25, 0.3) is 0 Å². The summed E-state index contributed by atoms with van der Waals surface area (Å²) in [6.07, 6.45) is -0.655. The van der Waals surface area contributed by atoms with Crippen LogP contribution in [-0.4, -0.2) is 42.6 Å². The second-order valence-corrected chi connectivity index (χ2v) is 7.80. The Hall–Kier alpha value is -3.88. The highest BCUT2D eigenvalue weighted by molar-refractivity contribution is 5.91. The minimum absolute atomic E-state index is 0.0313. The molecule has 0 saturated heterocycles. The molecule has 0 radical (unpaired) electrons. The van der Waals surface area contributed by atoms with Gasteiger partial charge in [-0.25, -0.2) is 4.79 Å². The number of alkyl carbamates (subject to hydrolysis) is 1. The first kappa shape index (κ1) is 26.4. The van der Waals surface area contributed by atoms with Crippen molar-refractivity contribution >= 4 is 23.9 Å². The number of hydrogen-bond acceptors (Lipinski definition) is 6. The number of hydrogen-bond donors (Lipinski definition) is 3. The average Bonchev–Trinajstić information content (AvgIpc) is 2.83. The lowest BCUT2D eigenvalue weighted by Crippen LogP contribution is -2.54. The van der Waals surface area contributed by atoms with Crippen LogP contribution in [0.25, 0.3) is 0 Å². The topological polar surface area (TPSA) is 137 Å². The van der Waals surface area contributed by atoms with E-state index in [2.05, 4.69) is 10.6 Å². The molecule has 0 unspecified atom stereocenters. The number of amides is 3. The third-order valence-corrected chi connectivity index (χ3v) is 5.04. The minimum atomic E-state index is -1.12. The van der Waals surface area contributed by atoms with Crippen LogP contribution in [0.4, 0.5) is 4.79 Å². The molecule has 0 fully saturated rings. The van der Waals surface area contributed by atoms with Crippen LogP contribution in [-0.2, 0) is 36.9 Å². The third-order valence-electron chi connectivity index (χ3n) is 5.04. The largest absolute Gasteiger partial charge is 0.466 e. The SMILES string of the molecule is CCOC(=O)[C@@H](C)C[C@H](NC(=O)[C@H](Cc1ccccc1)NC(=O)OCc1ccccc1)C(N)=O. The summed E-state index contributed by atoms with van der Waals surface area (Å²) in [7, 11) is 0. The van der Waals surface area contributed by atoms with Crippen LogP contribution in [0.2, 0.25) is 0 Å². The van der Waals surface area contributed by atoms with E-state index in [1.165, 1.54) is 0 Å². The lowest BCUT2D eigenvalue weighted by atomic mass is 10.00. The maximum Gasteiger partial charge on any atom is 0.408 e. The fourth-order valence-corrected chi connectivity index (χ4v) is 3.22. The summed E-state index contributed by atoms with van der Waals surface area (Å²) in [6.45, 7) is 3.49. The molecular weight excluding hydrogens is 438 g/mol. The van der Waals surface area contributed by atoms with Crippen molar-refractivity contribution in [1.29, 1.82) is 0 Å². The number of primary amides is 1. The van der Waals surface area contributed by atoms with Crippen LogP contribution in [0.15, 0.2) is 60.7 Å². The van der Waals surface area contributed by atoms with Gasteiger partial charge in [0.05, 0.1) is 12.5 Å². The Balaban J connectivity index is 2.08. The van der Waals surface area contributed by atoms with Gasteiger partial charge in [-0.1, -0.05) is 67.6 Å². The zero-order chi connectivity index (χ0) is 24.9. The highest BCUT2D eigenvalue weighted by Crippen LogP contribution is 2.10. The molecule has 3 atom stereocenters. The number of rotatable bonds is 12. The van der Waals surface area contributed by atoms with Crippen LogP contribution in [0.1, 0.15) is 31.4 Å². The van der Waals surface area contributed by atoms with Gasteiger partial charge in [-0.3, -0.25) is 14.4 Å². The third kappa shape index (κ3) is 8.93. The van der Waals surface area contributed by atoms with Crippen LogP contribution < -0.4 is 16.4 Å². The number of carbonyl (C=O) groups excluding carboxylic acids is 4. The molecule has 0 aliphatic heterocycles. The molecule has 0 bridgehead atoms. The lowest BCUT2D eigenvalue weighted by Gasteiger charge is -2.23. The Morgan fingerprint density at radius 3 is 2.00 bits per heavy atom. The summed E-state index contributed by atoms with van der Waals surface area (Å²) in [5.41, 5.74) is 7.04. The average molecular weight is 470 g/mol. The second-order valence-electron chi connectivity index (χ2n) is 7.80. The highest BCUT2D eigenvalue weighted by Gasteiger charge is 2.29. The number of carbonyl (C=O) groups is 4. The zero-order valence-electron chi connectivity index (χ0n) is 19.4. The molecule has 3 amide bonds. The monoisotopic (exact) mass is 469 g/mol. The Labute approximate surface area is 199 Å². The summed E-state index contributed by atoms with van der Waals surface area (Å²) in [4.78, 5) is 49.4. The fraction of sp³-hybridized carbons (Fsp3) is 0.360. The molecule has 34 heavy (non-hydrogen) atoms. The maximum absolute atomic E-state index is 13.0. The normalized spacial score (nSPS) is 13.1. The molecular formula is C25H31N3O6. The van der Waals surface area contributed by atoms with E-state index in [0.717, 1.165) is 11.1 Å². The Morgan fingerprint density at radius 2 is 1.44 bits per heavy atom. The number of nitrogens with two attached hydrogens (primary N) is 1. The predicted octanol–water partition coefficient (Wildman–Crippen LogP) is 2.08. The van der Waals surface area contributed by atoms with E-state index in [1.54, 1.807) is 13.8 Å². The van der Waals surface area contributed by atoms with Crippen LogP contribution >= 0.6 is 0 Å². The van der Waals surface area contributed by atoms with Gasteiger partial charge < -0.3 is 25.8 Å². The first-order valence-corrected chi connectivity index (χ1v) is 11.1. The number of ether oxygens (including phenoxy) is 2. The van der Waals surface area contributed by atoms with Gasteiger partial charge in [-0.05, 0) is 24.5 Å². The van der Waals surface area contributed by atoms with Crippen LogP contribution in [0.5, 0.6) is 0 Å². The molecule has 0 spiro atoms. The molecule has 2 aromatic carbocycles. The van der Waals surface area contributed by atoms with Gasteiger partial charge in [-0.15, -0.1) is 0 Å². The van der Waals surface area contributed by atoms with Gasteiger partial charge >= 0.3 is 12.1 Å². The van der Waals surface area contributed by atoms with Crippen molar-refractivity contribution in [2.45, 2.75) is 45.4 Å². The first-order valence-electron chi connectivity index (χ1n) is 11.1. The summed E-state index contributed by atoms with van der Waals surface area (Å²) in [5, 5.41) is 5.11. The van der Waals surface area contributed by atoms with E-state index in [0.29, 0.717) is 0 Å². The summed E-state index contributed by atoms with van der Waals surface area (Å²) < 4.78 is 10.2. The van der Waals surface area contributed by atoms with Crippen molar-refractivity contribution in [2.24, 2.45) is 11.7 Å². The predicted molar refractivity (Wildman–Crippen MR) is 125 cm³/mol. The summed E-state index contributed by atoms with van der Waals surface area (Å²) in [5.74, 6) is -2.57. The molecule has 0 aliphatic rings. The van der Waals surface area contributed by atoms with Crippen molar-refractivity contribution in [2.75, 3.05) is 6.61 Å². The molecule has 0 saturated carbocycles. The Kier molecular flexibility index (Phi) is 10.6. The molecule has 0 heterocycles. The summed E-state index contributed by atoms with van der Waals surface area (Å²) in [6, 6.07) is 16.0. The van der Waals surface area contributed by atoms with Crippen molar-refractivity contribution in [3.63, 3.8) is 0 Å². The zero-order valence-corrected chi connectivity index (χ0v) is 19.4. The molecule has 182 valence electrons. The van der Waals surface area contributed by atoms with Gasteiger partial charge in [-0.2, -0.15) is 0 Å². The lowest BCUT2D eigenvalue weighted by molar-refractivity contribution is -0.148. The first-order chi connectivity index (χ1) is 16.3. The van der Waals surface area contributed by atoms with Crippen LogP contribution in [0.3, 0.4) is 0 Å². The van der Waals surface area contributed by atoms with E-state index in [4.69, 9.17) is 15.2 Å². The second kappa shape index (κ2) is 13.6. The molecule has 2 aromatic rings. The van der Waals surface area contributed by atoms with Gasteiger partial charge in [0.1, 0.15) is 18.7 Å². The van der Waals surface area contributed by atoms with Gasteiger partial charge in [0, 0.05) is 6.42 Å². The highest BCUT2D eigenvalue weighted by atomic mass is 16.5. The van der Waals surface area contributed by atoms with E-state index < -0.39 is 41.9 Å². The van der Waals surface area contributed by atoms with E-state index in [9.17, 15) is 19.2 Å². The van der Waals surface area contributed by atoms with Crippen molar-refractivity contribution < 1.29 is 28.7 Å². The molecule has 2 rings (SSSR count). The summed E-state index contributed by atoms with van der Waals surface area (Å²) >= 11 is 0. The minimum Gasteiger partial charge on any atom is -0.466 e. The number of esters is 1. The standard InChI is InChI=1S/C25H31N3O6/c1-3-33-24(31)17(2)14-20(22(26)29)27-23(30)21(15-18-10-6-4-7-11-18)28-25(32)34-16-19-12-8-5-9-13-19/h4-13,17,20-21H,3,14-16H2,1-2H3,(H2,26,29)(H,27,30)(H,28,32)/t17-,20-,21-/m0/s1. The van der Waals surface area contributed by atoms with E-state index in [1.807, 2.05) is 60.7 Å². The van der Waals surface area contributed by atoms with Gasteiger partial charge in [0.15, 0.2) is 0 Å². The maximum atomic E-state index is 13.0. The molecule has 0 aliphatic carbocycles. The molecule has 9 heteroatoms. The Bertz CT molecular complexity index is 952. The number of nitrogens with one attached hydrogen (secondary N) is 2. The number of benzene rings is 2. The van der Waals surface area contributed by atoms with E-state index in [-0.39, 0.29) is 26.1 Å².